The van der Waals surface area contributed by atoms with E-state index in [1.54, 1.807) is 6.07 Å². The number of carbonyl (C=O) groups excluding carboxylic acids is 1. The summed E-state index contributed by atoms with van der Waals surface area (Å²) in [6, 6.07) is 7.43. The molecule has 2 atom stereocenters. The van der Waals surface area contributed by atoms with E-state index in [2.05, 4.69) is 5.32 Å². The lowest BCUT2D eigenvalue weighted by molar-refractivity contribution is -0.120. The molecule has 1 aliphatic rings. The molecule has 0 heterocycles. The molecule has 1 amide bonds. The summed E-state index contributed by atoms with van der Waals surface area (Å²) in [6.45, 7) is 0.678. The largest absolute Gasteiger partial charge is 0.355 e. The first-order valence-electron chi connectivity index (χ1n) is 6.31. The number of rotatable bonds is 4. The standard InChI is InChI=1S/C14H17Cl2NO/c15-12-6-2-1-4-10(12)8-14(18)17-9-11-5-3-7-13(11)16/h1-2,4,6,11,13H,3,5,7-9H2,(H,17,18). The Morgan fingerprint density at radius 3 is 2.78 bits per heavy atom. The van der Waals surface area contributed by atoms with E-state index in [0.29, 0.717) is 23.9 Å². The van der Waals surface area contributed by atoms with E-state index >= 15 is 0 Å². The van der Waals surface area contributed by atoms with E-state index in [1.165, 1.54) is 6.42 Å². The smallest absolute Gasteiger partial charge is 0.224 e. The van der Waals surface area contributed by atoms with Crippen LogP contribution in [0.25, 0.3) is 0 Å². The Hall–Kier alpha value is -0.730. The third-order valence-corrected chi connectivity index (χ3v) is 4.38. The highest BCUT2D eigenvalue weighted by molar-refractivity contribution is 6.31. The monoisotopic (exact) mass is 285 g/mol. The predicted molar refractivity (Wildman–Crippen MR) is 75.1 cm³/mol. The maximum absolute atomic E-state index is 11.8. The van der Waals surface area contributed by atoms with Crippen LogP contribution in [-0.2, 0) is 11.2 Å². The van der Waals surface area contributed by atoms with Gasteiger partial charge in [0, 0.05) is 16.9 Å². The summed E-state index contributed by atoms with van der Waals surface area (Å²) in [5.74, 6) is 0.431. The second kappa shape index (κ2) is 6.44. The van der Waals surface area contributed by atoms with E-state index in [9.17, 15) is 4.79 Å². The van der Waals surface area contributed by atoms with Gasteiger partial charge in [-0.05, 0) is 30.4 Å². The predicted octanol–water partition coefficient (Wildman–Crippen LogP) is 3.41. The molecular formula is C14H17Cl2NO. The van der Waals surface area contributed by atoms with Crippen LogP contribution in [-0.4, -0.2) is 17.8 Å². The van der Waals surface area contributed by atoms with E-state index in [-0.39, 0.29) is 11.3 Å². The summed E-state index contributed by atoms with van der Waals surface area (Å²) in [4.78, 5) is 11.8. The van der Waals surface area contributed by atoms with Gasteiger partial charge in [0.05, 0.1) is 6.42 Å². The van der Waals surface area contributed by atoms with Crippen LogP contribution in [0.15, 0.2) is 24.3 Å². The summed E-state index contributed by atoms with van der Waals surface area (Å²) < 4.78 is 0. The Labute approximate surface area is 118 Å². The lowest BCUT2D eigenvalue weighted by Gasteiger charge is -2.14. The van der Waals surface area contributed by atoms with Crippen molar-refractivity contribution in [2.45, 2.75) is 31.1 Å². The fraction of sp³-hybridized carbons (Fsp3) is 0.500. The van der Waals surface area contributed by atoms with Crippen LogP contribution in [0.5, 0.6) is 0 Å². The molecule has 1 aliphatic carbocycles. The molecule has 2 nitrogen and oxygen atoms in total. The van der Waals surface area contributed by atoms with Crippen LogP contribution >= 0.6 is 23.2 Å². The van der Waals surface area contributed by atoms with E-state index in [1.807, 2.05) is 18.2 Å². The number of hydrogen-bond acceptors (Lipinski definition) is 1. The van der Waals surface area contributed by atoms with Crippen LogP contribution in [0.4, 0.5) is 0 Å². The number of alkyl halides is 1. The molecule has 0 aliphatic heterocycles. The molecule has 1 fully saturated rings. The normalized spacial score (nSPS) is 23.0. The second-order valence-corrected chi connectivity index (χ2v) is 5.75. The maximum atomic E-state index is 11.8. The summed E-state index contributed by atoms with van der Waals surface area (Å²) >= 11 is 12.2. The number of amides is 1. The fourth-order valence-electron chi connectivity index (χ4n) is 2.34. The molecule has 0 saturated heterocycles. The summed E-state index contributed by atoms with van der Waals surface area (Å²) in [6.07, 6.45) is 3.67. The van der Waals surface area contributed by atoms with Gasteiger partial charge in [-0.25, -0.2) is 0 Å². The van der Waals surface area contributed by atoms with Gasteiger partial charge in [-0.2, -0.15) is 0 Å². The van der Waals surface area contributed by atoms with Crippen LogP contribution in [0.1, 0.15) is 24.8 Å². The van der Waals surface area contributed by atoms with E-state index in [0.717, 1.165) is 18.4 Å². The van der Waals surface area contributed by atoms with Gasteiger partial charge in [-0.15, -0.1) is 11.6 Å². The van der Waals surface area contributed by atoms with Gasteiger partial charge in [0.15, 0.2) is 0 Å². The summed E-state index contributed by atoms with van der Waals surface area (Å²) in [5, 5.41) is 3.80. The van der Waals surface area contributed by atoms with Crippen molar-refractivity contribution in [1.82, 2.24) is 5.32 Å². The van der Waals surface area contributed by atoms with Gasteiger partial charge < -0.3 is 5.32 Å². The van der Waals surface area contributed by atoms with E-state index < -0.39 is 0 Å². The Balaban J connectivity index is 1.80. The van der Waals surface area contributed by atoms with Crippen molar-refractivity contribution in [2.24, 2.45) is 5.92 Å². The molecule has 1 saturated carbocycles. The van der Waals surface area contributed by atoms with Gasteiger partial charge >= 0.3 is 0 Å². The van der Waals surface area contributed by atoms with Crippen molar-refractivity contribution >= 4 is 29.1 Å². The van der Waals surface area contributed by atoms with Crippen LogP contribution in [0.3, 0.4) is 0 Å². The lowest BCUT2D eigenvalue weighted by atomic mass is 10.1. The Bertz CT molecular complexity index is 422. The average Bonchev–Trinajstić information content (AvgIpc) is 2.75. The van der Waals surface area contributed by atoms with Crippen LogP contribution < -0.4 is 5.32 Å². The molecule has 0 aromatic heterocycles. The quantitative estimate of drug-likeness (QED) is 0.844. The number of nitrogens with one attached hydrogen (secondary N) is 1. The Kier molecular flexibility index (Phi) is 4.90. The molecule has 98 valence electrons. The minimum Gasteiger partial charge on any atom is -0.355 e. The molecule has 2 rings (SSSR count). The third kappa shape index (κ3) is 3.63. The molecule has 1 aromatic rings. The van der Waals surface area contributed by atoms with Crippen molar-refractivity contribution in [3.63, 3.8) is 0 Å². The van der Waals surface area contributed by atoms with Gasteiger partial charge in [-0.3, -0.25) is 4.79 Å². The zero-order valence-electron chi connectivity index (χ0n) is 10.2. The zero-order valence-corrected chi connectivity index (χ0v) is 11.7. The van der Waals surface area contributed by atoms with Crippen molar-refractivity contribution in [2.75, 3.05) is 6.54 Å². The number of halogens is 2. The van der Waals surface area contributed by atoms with Crippen LogP contribution in [0, 0.1) is 5.92 Å². The highest BCUT2D eigenvalue weighted by Gasteiger charge is 2.25. The molecule has 18 heavy (non-hydrogen) atoms. The SMILES string of the molecule is O=C(Cc1ccccc1Cl)NCC1CCCC1Cl. The molecule has 1 aromatic carbocycles. The van der Waals surface area contributed by atoms with Gasteiger partial charge in [0.2, 0.25) is 5.91 Å². The fourth-order valence-corrected chi connectivity index (χ4v) is 2.92. The molecule has 0 bridgehead atoms. The highest BCUT2D eigenvalue weighted by Crippen LogP contribution is 2.29. The highest BCUT2D eigenvalue weighted by atomic mass is 35.5. The summed E-state index contributed by atoms with van der Waals surface area (Å²) in [7, 11) is 0. The number of carbonyl (C=O) groups is 1. The molecule has 0 spiro atoms. The van der Waals surface area contributed by atoms with Crippen molar-refractivity contribution in [1.29, 1.82) is 0 Å². The van der Waals surface area contributed by atoms with E-state index in [4.69, 9.17) is 23.2 Å². The third-order valence-electron chi connectivity index (χ3n) is 3.44. The first-order chi connectivity index (χ1) is 8.66. The summed E-state index contributed by atoms with van der Waals surface area (Å²) in [5.41, 5.74) is 0.866. The molecule has 0 radical (unpaired) electrons. The average molecular weight is 286 g/mol. The first-order valence-corrected chi connectivity index (χ1v) is 7.12. The Morgan fingerprint density at radius 1 is 1.33 bits per heavy atom. The van der Waals surface area contributed by atoms with Crippen molar-refractivity contribution < 1.29 is 4.79 Å². The second-order valence-electron chi connectivity index (χ2n) is 4.78. The maximum Gasteiger partial charge on any atom is 0.224 e. The molecule has 2 unspecified atom stereocenters. The van der Waals surface area contributed by atoms with Crippen LogP contribution in [0.2, 0.25) is 5.02 Å². The molecular weight excluding hydrogens is 269 g/mol. The lowest BCUT2D eigenvalue weighted by Crippen LogP contribution is -2.32. The van der Waals surface area contributed by atoms with Crippen molar-refractivity contribution in [3.8, 4) is 0 Å². The number of hydrogen-bond donors (Lipinski definition) is 1. The van der Waals surface area contributed by atoms with Gasteiger partial charge in [0.1, 0.15) is 0 Å². The molecule has 4 heteroatoms. The van der Waals surface area contributed by atoms with Crippen molar-refractivity contribution in [3.05, 3.63) is 34.9 Å². The Morgan fingerprint density at radius 2 is 2.11 bits per heavy atom. The van der Waals surface area contributed by atoms with Gasteiger partial charge in [-0.1, -0.05) is 36.2 Å². The minimum atomic E-state index is 0.0128. The topological polar surface area (TPSA) is 29.1 Å². The minimum absolute atomic E-state index is 0.0128. The molecule has 1 N–H and O–H groups in total. The zero-order chi connectivity index (χ0) is 13.0. The van der Waals surface area contributed by atoms with Gasteiger partial charge in [0.25, 0.3) is 0 Å². The first kappa shape index (κ1) is 13.7. The number of benzene rings is 1.